The number of unbranched alkanes of at least 4 members (excludes halogenated alkanes) is 1. The van der Waals surface area contributed by atoms with Crippen molar-refractivity contribution in [3.05, 3.63) is 119 Å². The van der Waals surface area contributed by atoms with Gasteiger partial charge in [0, 0.05) is 83.0 Å². The number of phosphoric acid groups is 3. The van der Waals surface area contributed by atoms with Crippen LogP contribution in [-0.2, 0) is 60.0 Å². The van der Waals surface area contributed by atoms with Gasteiger partial charge in [-0.2, -0.15) is 8.62 Å². The van der Waals surface area contributed by atoms with Gasteiger partial charge in [-0.1, -0.05) is 68.5 Å². The molecule has 3 amide bonds. The first kappa shape index (κ1) is 80.3. The van der Waals surface area contributed by atoms with Crippen molar-refractivity contribution in [1.29, 1.82) is 0 Å². The number of benzene rings is 3. The number of nitrogens with zero attached hydrogens (tertiary/aromatic N) is 1. The van der Waals surface area contributed by atoms with E-state index >= 15 is 0 Å². The Morgan fingerprint density at radius 2 is 1.51 bits per heavy atom. The zero-order valence-electron chi connectivity index (χ0n) is 53.8. The fraction of sp³-hybridized carbons (Fsp3) is 0.492. The maximum atomic E-state index is 13.5. The molecule has 31 nitrogen and oxygen atoms in total. The topological polar surface area (TPSA) is 425 Å². The standard InChI is InChI=1S/C59H79N6O25P3S4/c1-8-60-46-31-48-45(28-39(46)5)52(44-27-37(3)38(4)29-47(44)87-48)43-30-40(14-15-42(43)55(68)69)53(66)61-18-23-80-25-26-81-24-19-63-58(72)84-22-16-59(6,7)97-96-35-82-20-10-11-21-83-57(71)62-17-12-13-41-33-65(56(70)64-54(41)67)51-32-49(85-36-95-94-9-2)50(88-51)34-86-92(76,77)90-93(78,79)89-91(73,74)75/h14-15,27-31,33,49-51,60H,4,8-11,16-26,32,34-36H2,1-3,5-7H3,(H,61,66)(H,62,71)(H,63,72)(H,68,69)(H,76,77)(H,78,79)(H,64,67,70)(H2,73,74,75)/t49-,50+,51?/m0/s1. The van der Waals surface area contributed by atoms with E-state index in [9.17, 15) is 57.4 Å². The van der Waals surface area contributed by atoms with Gasteiger partial charge in [0.15, 0.2) is 0 Å². The van der Waals surface area contributed by atoms with E-state index in [0.717, 1.165) is 38.5 Å². The van der Waals surface area contributed by atoms with E-state index in [0.29, 0.717) is 71.8 Å². The molecule has 0 aliphatic carbocycles. The molecule has 534 valence electrons. The van der Waals surface area contributed by atoms with E-state index in [1.807, 2.05) is 65.8 Å². The van der Waals surface area contributed by atoms with Crippen molar-refractivity contribution in [3.8, 4) is 23.3 Å². The number of anilines is 1. The number of alkyl carbamates (subject to hydrolysis) is 2. The number of carboxylic acids is 1. The van der Waals surface area contributed by atoms with Crippen LogP contribution in [0.2, 0.25) is 0 Å². The lowest BCUT2D eigenvalue weighted by Gasteiger charge is -2.24. The van der Waals surface area contributed by atoms with Crippen molar-refractivity contribution in [3.63, 3.8) is 0 Å². The molecule has 6 rings (SSSR count). The number of aryl methyl sites for hydroxylation is 2. The first-order valence-corrected chi connectivity index (χ1v) is 39.4. The molecule has 38 heteroatoms. The average Bonchev–Trinajstić information content (AvgIpc) is 1.21. The summed E-state index contributed by atoms with van der Waals surface area (Å²) in [5.74, 6) is 5.87. The van der Waals surface area contributed by atoms with E-state index in [2.05, 4.69) is 53.3 Å². The van der Waals surface area contributed by atoms with Crippen LogP contribution in [0.15, 0.2) is 58.3 Å². The third kappa shape index (κ3) is 26.7. The minimum atomic E-state index is -5.80. The van der Waals surface area contributed by atoms with Crippen LogP contribution < -0.4 is 47.7 Å². The highest BCUT2D eigenvalue weighted by Gasteiger charge is 2.44. The SMILES string of the molecule is C=c1cc2c(cc1C)=C(c1cc(C(=O)NCCOCCOCCNC(=O)OCCC(C)(C)SSCOCCCCOC(=O)NCC#Cc3cn(C4C[C@H](OCSSCC)[C@@H](COP(=O)(O)OP(=O)(O)OP(=O)(O)O)O4)c(=O)[nH]c3=O)ccc1C(=O)O)c1cc(C)c(NCC)cc1O2. The number of aromatic carboxylic acids is 1. The Morgan fingerprint density at radius 1 is 0.794 bits per heavy atom. The molecule has 0 radical (unpaired) electrons. The number of carboxylic acid groups (broad SMARTS) is 1. The predicted octanol–water partition coefficient (Wildman–Crippen LogP) is 6.99. The highest BCUT2D eigenvalue weighted by molar-refractivity contribution is 8.77. The number of rotatable bonds is 40. The van der Waals surface area contributed by atoms with Crippen molar-refractivity contribution >= 4 is 109 Å². The fourth-order valence-corrected chi connectivity index (χ4v) is 15.7. The number of ether oxygens (including phenoxy) is 8. The average molecular weight is 1490 g/mol. The molecule has 0 spiro atoms. The van der Waals surface area contributed by atoms with E-state index in [1.165, 1.54) is 44.5 Å². The van der Waals surface area contributed by atoms with Gasteiger partial charge in [0.25, 0.3) is 11.5 Å². The van der Waals surface area contributed by atoms with Crippen molar-refractivity contribution in [2.45, 2.75) is 90.4 Å². The maximum Gasteiger partial charge on any atom is 0.490 e. The van der Waals surface area contributed by atoms with Crippen LogP contribution in [0.3, 0.4) is 0 Å². The van der Waals surface area contributed by atoms with Crippen LogP contribution in [-0.4, -0.2) is 172 Å². The number of phosphoric ester groups is 1. The zero-order chi connectivity index (χ0) is 70.9. The number of aromatic amines is 1. The molecule has 1 saturated heterocycles. The first-order chi connectivity index (χ1) is 46.0. The summed E-state index contributed by atoms with van der Waals surface area (Å²) in [5, 5.41) is 23.1. The zero-order valence-corrected chi connectivity index (χ0v) is 59.8. The van der Waals surface area contributed by atoms with Crippen molar-refractivity contribution < 1.29 is 109 Å². The second kappa shape index (κ2) is 38.8. The lowest BCUT2D eigenvalue weighted by Crippen LogP contribution is -2.34. The van der Waals surface area contributed by atoms with Crippen molar-refractivity contribution in [1.82, 2.24) is 25.5 Å². The van der Waals surface area contributed by atoms with E-state index < -0.39 is 83.8 Å². The minimum Gasteiger partial charge on any atom is -0.478 e. The number of fused-ring (bicyclic) bond motifs is 2. The molecule has 4 aromatic rings. The van der Waals surface area contributed by atoms with E-state index in [1.54, 1.807) is 16.9 Å². The molecule has 2 aliphatic heterocycles. The van der Waals surface area contributed by atoms with Crippen LogP contribution in [0.5, 0.6) is 11.5 Å². The second-order valence-corrected chi connectivity index (χ2v) is 31.7. The molecule has 1 fully saturated rings. The van der Waals surface area contributed by atoms with Gasteiger partial charge in [-0.15, -0.1) is 0 Å². The number of H-pyrrole nitrogens is 1. The first-order valence-electron chi connectivity index (χ1n) is 30.0. The predicted molar refractivity (Wildman–Crippen MR) is 365 cm³/mol. The Labute approximate surface area is 574 Å². The Hall–Kier alpha value is -5.67. The van der Waals surface area contributed by atoms with Crippen LogP contribution >= 0.6 is 66.6 Å². The summed E-state index contributed by atoms with van der Waals surface area (Å²) < 4.78 is 93.7. The lowest BCUT2D eigenvalue weighted by atomic mass is 9.87. The van der Waals surface area contributed by atoms with Crippen LogP contribution in [0.1, 0.15) is 108 Å². The smallest absolute Gasteiger partial charge is 0.478 e. The summed E-state index contributed by atoms with van der Waals surface area (Å²) in [7, 11) is -11.1. The second-order valence-electron chi connectivity index (χ2n) is 21.6. The lowest BCUT2D eigenvalue weighted by molar-refractivity contribution is -0.0543. The van der Waals surface area contributed by atoms with Gasteiger partial charge < -0.3 is 83.8 Å². The van der Waals surface area contributed by atoms with Gasteiger partial charge >= 0.3 is 47.3 Å². The molecule has 0 bridgehead atoms. The van der Waals surface area contributed by atoms with Gasteiger partial charge in [0.2, 0.25) is 0 Å². The molecule has 0 saturated carbocycles. The van der Waals surface area contributed by atoms with Crippen LogP contribution in [0, 0.1) is 25.7 Å². The molecule has 97 heavy (non-hydrogen) atoms. The quantitative estimate of drug-likeness (QED) is 0.00620. The number of aromatic nitrogens is 2. The van der Waals surface area contributed by atoms with E-state index in [-0.39, 0.29) is 93.1 Å². The summed E-state index contributed by atoms with van der Waals surface area (Å²) in [4.78, 5) is 115. The van der Waals surface area contributed by atoms with Crippen molar-refractivity contribution in [2.75, 3.05) is 102 Å². The number of hydrogen-bond acceptors (Lipinski definition) is 25. The van der Waals surface area contributed by atoms with Gasteiger partial charge in [0.05, 0.1) is 64.5 Å². The number of hydrogen-bond donors (Lipinski definition) is 10. The Kier molecular flexibility index (Phi) is 32.1. The molecule has 1 aromatic heterocycles. The van der Waals surface area contributed by atoms with Crippen molar-refractivity contribution in [2.24, 2.45) is 0 Å². The number of carbonyl (C=O) groups excluding carboxylic acids is 3. The summed E-state index contributed by atoms with van der Waals surface area (Å²) in [6, 6.07) is 12.1. The monoisotopic (exact) mass is 1490 g/mol. The third-order valence-electron chi connectivity index (χ3n) is 13.7. The Morgan fingerprint density at radius 3 is 2.22 bits per heavy atom. The molecule has 3 heterocycles. The van der Waals surface area contributed by atoms with Crippen LogP contribution in [0.4, 0.5) is 15.3 Å². The summed E-state index contributed by atoms with van der Waals surface area (Å²) in [6.07, 6.45) is -2.05. The fourth-order valence-electron chi connectivity index (χ4n) is 9.10. The summed E-state index contributed by atoms with van der Waals surface area (Å²) in [5.41, 5.74) is 2.71. The number of amides is 3. The third-order valence-corrected chi connectivity index (χ3v) is 22.7. The number of carbonyl (C=O) groups is 4. The van der Waals surface area contributed by atoms with Gasteiger partial charge in [-0.25, -0.2) is 32.9 Å². The number of nitrogens with one attached hydrogen (secondary N) is 5. The minimum absolute atomic E-state index is 0.0267. The molecule has 10 N–H and O–H groups in total. The molecule has 3 unspecified atom stereocenters. The molecular formula is C59H79N6O25P3S4. The van der Waals surface area contributed by atoms with Gasteiger partial charge in [-0.3, -0.25) is 23.7 Å². The normalized spacial score (nSPS) is 16.3. The summed E-state index contributed by atoms with van der Waals surface area (Å²) in [6.45, 7) is 17.4. The Balaban J connectivity index is 0.791. The van der Waals surface area contributed by atoms with Crippen LogP contribution in [0.25, 0.3) is 12.2 Å². The largest absolute Gasteiger partial charge is 0.490 e. The van der Waals surface area contributed by atoms with E-state index in [4.69, 9.17) is 52.2 Å². The molecule has 3 aromatic carbocycles. The summed E-state index contributed by atoms with van der Waals surface area (Å²) >= 11 is 0. The molecule has 2 aliphatic rings. The Bertz CT molecular complexity index is 3870. The maximum absolute atomic E-state index is 13.5. The van der Waals surface area contributed by atoms with Gasteiger partial charge in [-0.05, 0) is 112 Å². The highest BCUT2D eigenvalue weighted by atomic mass is 33.1. The molecule has 5 atom stereocenters. The van der Waals surface area contributed by atoms with Gasteiger partial charge in [0.1, 0.15) is 41.3 Å². The highest BCUT2D eigenvalue weighted by Crippen LogP contribution is 2.66. The molecular weight excluding hydrogens is 1410 g/mol.